The quantitative estimate of drug-likeness (QED) is 0.604. The molecule has 0 spiro atoms. The number of methoxy groups -OCH3 is 1. The molecule has 100 valence electrons. The van der Waals surface area contributed by atoms with Gasteiger partial charge in [0.1, 0.15) is 0 Å². The molecular weight excluding hydrogens is 240 g/mol. The van der Waals surface area contributed by atoms with E-state index in [0.717, 1.165) is 0 Å². The highest BCUT2D eigenvalue weighted by Gasteiger charge is 2.75. The second-order valence-corrected chi connectivity index (χ2v) is 11.1. The van der Waals surface area contributed by atoms with Gasteiger partial charge >= 0.3 is 0 Å². The van der Waals surface area contributed by atoms with Crippen molar-refractivity contribution in [1.82, 2.24) is 0 Å². The predicted molar refractivity (Wildman–Crippen MR) is 77.1 cm³/mol. The standard InChI is InChI=1S/C15H24O2Si/c1-14(2)13(12-10-8-7-9-11-12)15(14,16-3)17-18(4,5)6/h7-11,13H,1-6H3/t13-,15+/m0/s1. The largest absolute Gasteiger partial charge is 0.390 e. The minimum atomic E-state index is -1.64. The molecule has 18 heavy (non-hydrogen) atoms. The second kappa shape index (κ2) is 4.19. The number of hydrogen-bond donors (Lipinski definition) is 0. The average molecular weight is 264 g/mol. The maximum absolute atomic E-state index is 6.38. The summed E-state index contributed by atoms with van der Waals surface area (Å²) >= 11 is 0. The topological polar surface area (TPSA) is 18.5 Å². The fourth-order valence-electron chi connectivity index (χ4n) is 3.03. The zero-order valence-corrected chi connectivity index (χ0v) is 13.3. The molecule has 1 aliphatic rings. The number of hydrogen-bond acceptors (Lipinski definition) is 2. The predicted octanol–water partition coefficient (Wildman–Crippen LogP) is 4.00. The van der Waals surface area contributed by atoms with E-state index >= 15 is 0 Å². The van der Waals surface area contributed by atoms with Crippen LogP contribution in [0.3, 0.4) is 0 Å². The highest BCUT2D eigenvalue weighted by Crippen LogP contribution is 2.70. The van der Waals surface area contributed by atoms with E-state index in [0.29, 0.717) is 5.92 Å². The normalized spacial score (nSPS) is 30.2. The van der Waals surface area contributed by atoms with Crippen LogP contribution in [-0.4, -0.2) is 21.2 Å². The molecule has 0 unspecified atom stereocenters. The molecule has 3 heteroatoms. The first-order valence-electron chi connectivity index (χ1n) is 6.55. The Morgan fingerprint density at radius 2 is 1.61 bits per heavy atom. The van der Waals surface area contributed by atoms with Gasteiger partial charge in [0.2, 0.25) is 0 Å². The molecule has 0 heterocycles. The van der Waals surface area contributed by atoms with Crippen molar-refractivity contribution < 1.29 is 9.16 Å². The molecule has 2 rings (SSSR count). The molecular formula is C15H24O2Si. The van der Waals surface area contributed by atoms with E-state index in [9.17, 15) is 0 Å². The van der Waals surface area contributed by atoms with Crippen LogP contribution in [-0.2, 0) is 9.16 Å². The second-order valence-electron chi connectivity index (χ2n) is 6.65. The van der Waals surface area contributed by atoms with Gasteiger partial charge in [-0.15, -0.1) is 0 Å². The molecule has 2 nitrogen and oxygen atoms in total. The Morgan fingerprint density at radius 3 is 2.06 bits per heavy atom. The molecule has 0 bridgehead atoms. The van der Waals surface area contributed by atoms with Gasteiger partial charge in [0.05, 0.1) is 0 Å². The van der Waals surface area contributed by atoms with Crippen LogP contribution in [0.25, 0.3) is 0 Å². The van der Waals surface area contributed by atoms with Gasteiger partial charge in [-0.05, 0) is 25.2 Å². The van der Waals surface area contributed by atoms with Crippen molar-refractivity contribution in [3.63, 3.8) is 0 Å². The minimum absolute atomic E-state index is 0.0311. The van der Waals surface area contributed by atoms with Gasteiger partial charge < -0.3 is 9.16 Å². The van der Waals surface area contributed by atoms with Crippen LogP contribution in [0.1, 0.15) is 25.3 Å². The third-order valence-electron chi connectivity index (χ3n) is 3.81. The Hall–Kier alpha value is -0.643. The van der Waals surface area contributed by atoms with Crippen LogP contribution in [0.2, 0.25) is 19.6 Å². The third kappa shape index (κ3) is 2.04. The van der Waals surface area contributed by atoms with Crippen molar-refractivity contribution in [3.8, 4) is 0 Å². The fraction of sp³-hybridized carbons (Fsp3) is 0.600. The molecule has 1 fully saturated rings. The van der Waals surface area contributed by atoms with E-state index in [1.165, 1.54) is 5.56 Å². The van der Waals surface area contributed by atoms with Crippen LogP contribution in [0.4, 0.5) is 0 Å². The van der Waals surface area contributed by atoms with Gasteiger partial charge in [-0.25, -0.2) is 0 Å². The Bertz CT molecular complexity index is 422. The Labute approximate surface area is 111 Å². The van der Waals surface area contributed by atoms with Crippen molar-refractivity contribution in [2.24, 2.45) is 5.41 Å². The molecule has 1 aliphatic carbocycles. The van der Waals surface area contributed by atoms with Crippen molar-refractivity contribution in [3.05, 3.63) is 35.9 Å². The van der Waals surface area contributed by atoms with Crippen molar-refractivity contribution in [2.75, 3.05) is 7.11 Å². The van der Waals surface area contributed by atoms with Crippen molar-refractivity contribution in [1.29, 1.82) is 0 Å². The lowest BCUT2D eigenvalue weighted by molar-refractivity contribution is -0.115. The van der Waals surface area contributed by atoms with Crippen LogP contribution in [0, 0.1) is 5.41 Å². The smallest absolute Gasteiger partial charge is 0.187 e. The summed E-state index contributed by atoms with van der Waals surface area (Å²) in [6, 6.07) is 10.5. The first kappa shape index (κ1) is 13.8. The zero-order chi connectivity index (χ0) is 13.6. The van der Waals surface area contributed by atoms with E-state index in [1.807, 2.05) is 6.07 Å². The lowest BCUT2D eigenvalue weighted by Gasteiger charge is -2.28. The molecule has 0 N–H and O–H groups in total. The van der Waals surface area contributed by atoms with E-state index in [4.69, 9.17) is 9.16 Å². The van der Waals surface area contributed by atoms with Gasteiger partial charge in [-0.1, -0.05) is 44.2 Å². The SMILES string of the molecule is CO[C@@]1(O[Si](C)(C)C)[C@@H](c2ccccc2)C1(C)C. The number of rotatable bonds is 4. The van der Waals surface area contributed by atoms with Gasteiger partial charge in [-0.3, -0.25) is 0 Å². The van der Waals surface area contributed by atoms with Crippen LogP contribution < -0.4 is 0 Å². The van der Waals surface area contributed by atoms with Crippen LogP contribution in [0.15, 0.2) is 30.3 Å². The molecule has 1 saturated carbocycles. The molecule has 2 atom stereocenters. The van der Waals surface area contributed by atoms with Crippen LogP contribution in [0.5, 0.6) is 0 Å². The average Bonchev–Trinajstić information content (AvgIpc) is 2.74. The number of ether oxygens (including phenoxy) is 1. The summed E-state index contributed by atoms with van der Waals surface area (Å²) in [5.74, 6) is -0.123. The first-order chi connectivity index (χ1) is 8.24. The van der Waals surface area contributed by atoms with E-state index < -0.39 is 14.1 Å². The van der Waals surface area contributed by atoms with Crippen molar-refractivity contribution in [2.45, 2.75) is 45.2 Å². The third-order valence-corrected chi connectivity index (χ3v) is 4.73. The molecule has 0 radical (unpaired) electrons. The summed E-state index contributed by atoms with van der Waals surface area (Å²) < 4.78 is 12.2. The monoisotopic (exact) mass is 264 g/mol. The summed E-state index contributed by atoms with van der Waals surface area (Å²) in [6.45, 7) is 11.1. The molecule has 1 aromatic carbocycles. The summed E-state index contributed by atoms with van der Waals surface area (Å²) in [6.07, 6.45) is 0. The fourth-order valence-corrected chi connectivity index (χ4v) is 4.41. The van der Waals surface area contributed by atoms with E-state index in [2.05, 4.69) is 57.8 Å². The molecule has 0 aliphatic heterocycles. The van der Waals surface area contributed by atoms with E-state index in [-0.39, 0.29) is 5.41 Å². The Morgan fingerprint density at radius 1 is 1.06 bits per heavy atom. The van der Waals surface area contributed by atoms with Crippen LogP contribution >= 0.6 is 0 Å². The van der Waals surface area contributed by atoms with Gasteiger partial charge in [0.25, 0.3) is 0 Å². The highest BCUT2D eigenvalue weighted by molar-refractivity contribution is 6.69. The Kier molecular flexibility index (Phi) is 3.20. The highest BCUT2D eigenvalue weighted by atomic mass is 28.4. The van der Waals surface area contributed by atoms with Gasteiger partial charge in [0, 0.05) is 18.4 Å². The lowest BCUT2D eigenvalue weighted by atomic mass is 10.0. The maximum Gasteiger partial charge on any atom is 0.187 e. The van der Waals surface area contributed by atoms with Crippen molar-refractivity contribution >= 4 is 8.32 Å². The maximum atomic E-state index is 6.38. The zero-order valence-electron chi connectivity index (χ0n) is 12.3. The molecule has 0 saturated heterocycles. The molecule has 0 amide bonds. The Balaban J connectivity index is 2.33. The molecule has 1 aromatic rings. The van der Waals surface area contributed by atoms with E-state index in [1.54, 1.807) is 7.11 Å². The number of benzene rings is 1. The summed E-state index contributed by atoms with van der Waals surface area (Å²) in [5.41, 5.74) is 1.34. The first-order valence-corrected chi connectivity index (χ1v) is 9.96. The summed E-state index contributed by atoms with van der Waals surface area (Å²) in [4.78, 5) is 0. The van der Waals surface area contributed by atoms with Gasteiger partial charge in [0.15, 0.2) is 14.1 Å². The van der Waals surface area contributed by atoms with Gasteiger partial charge in [-0.2, -0.15) is 0 Å². The summed E-state index contributed by atoms with van der Waals surface area (Å²) in [5, 5.41) is 0. The lowest BCUT2D eigenvalue weighted by Crippen LogP contribution is -2.38. The summed E-state index contributed by atoms with van der Waals surface area (Å²) in [7, 11) is 0.129. The minimum Gasteiger partial charge on any atom is -0.390 e. The molecule has 0 aromatic heterocycles.